The molecule has 1 heterocycles. The zero-order chi connectivity index (χ0) is 12.1. The smallest absolute Gasteiger partial charge is 0.337 e. The first-order valence-corrected chi connectivity index (χ1v) is 5.07. The lowest BCUT2D eigenvalue weighted by Gasteiger charge is -2.05. The minimum absolute atomic E-state index is 0.392. The molecule has 17 heavy (non-hydrogen) atoms. The van der Waals surface area contributed by atoms with E-state index in [0.717, 1.165) is 0 Å². The number of aromatic nitrogens is 1. The predicted octanol–water partition coefficient (Wildman–Crippen LogP) is 2.66. The molecule has 1 aromatic heterocycles. The van der Waals surface area contributed by atoms with E-state index in [9.17, 15) is 4.79 Å². The van der Waals surface area contributed by atoms with Crippen molar-refractivity contribution in [3.63, 3.8) is 0 Å². The first-order valence-electron chi connectivity index (χ1n) is 5.07. The van der Waals surface area contributed by atoms with Crippen molar-refractivity contribution in [3.8, 4) is 11.6 Å². The summed E-state index contributed by atoms with van der Waals surface area (Å²) >= 11 is 0. The Kier molecular flexibility index (Phi) is 3.35. The number of esters is 1. The molecule has 0 fully saturated rings. The summed E-state index contributed by atoms with van der Waals surface area (Å²) in [6.45, 7) is 0. The van der Waals surface area contributed by atoms with Gasteiger partial charge >= 0.3 is 5.97 Å². The second-order valence-corrected chi connectivity index (χ2v) is 3.29. The Morgan fingerprint density at radius 3 is 2.76 bits per heavy atom. The molecule has 0 N–H and O–H groups in total. The van der Waals surface area contributed by atoms with Crippen molar-refractivity contribution < 1.29 is 14.3 Å². The van der Waals surface area contributed by atoms with Gasteiger partial charge in [-0.15, -0.1) is 0 Å². The molecule has 86 valence electrons. The summed E-state index contributed by atoms with van der Waals surface area (Å²) in [6, 6.07) is 12.1. The second-order valence-electron chi connectivity index (χ2n) is 3.29. The zero-order valence-electron chi connectivity index (χ0n) is 9.29. The van der Waals surface area contributed by atoms with Crippen LogP contribution in [0.25, 0.3) is 0 Å². The van der Waals surface area contributed by atoms with Gasteiger partial charge in [-0.3, -0.25) is 0 Å². The normalized spacial score (nSPS) is 9.71. The molecule has 0 aliphatic rings. The van der Waals surface area contributed by atoms with Gasteiger partial charge in [0.2, 0.25) is 5.88 Å². The van der Waals surface area contributed by atoms with Crippen LogP contribution in [0.3, 0.4) is 0 Å². The Morgan fingerprint density at radius 2 is 2.06 bits per heavy atom. The molecule has 0 amide bonds. The third-order valence-corrected chi connectivity index (χ3v) is 2.12. The molecule has 4 heteroatoms. The first kappa shape index (κ1) is 11.1. The largest absolute Gasteiger partial charge is 0.465 e. The van der Waals surface area contributed by atoms with Gasteiger partial charge in [-0.25, -0.2) is 9.78 Å². The predicted molar refractivity (Wildman–Crippen MR) is 62.1 cm³/mol. The van der Waals surface area contributed by atoms with Crippen LogP contribution in [0.4, 0.5) is 0 Å². The number of nitrogens with zero attached hydrogens (tertiary/aromatic N) is 1. The summed E-state index contributed by atoms with van der Waals surface area (Å²) in [5.41, 5.74) is 0.445. The van der Waals surface area contributed by atoms with Crippen LogP contribution in [0.1, 0.15) is 10.4 Å². The number of benzene rings is 1. The van der Waals surface area contributed by atoms with Crippen LogP contribution in [0.15, 0.2) is 48.7 Å². The van der Waals surface area contributed by atoms with Crippen molar-refractivity contribution >= 4 is 5.97 Å². The molecule has 1 aromatic carbocycles. The number of carbonyl (C=O) groups excluding carboxylic acids is 1. The number of ether oxygens (including phenoxy) is 2. The van der Waals surface area contributed by atoms with E-state index in [1.54, 1.807) is 42.6 Å². The average molecular weight is 229 g/mol. The highest BCUT2D eigenvalue weighted by Gasteiger charge is 2.06. The molecular formula is C13H11NO3. The zero-order valence-corrected chi connectivity index (χ0v) is 9.29. The lowest BCUT2D eigenvalue weighted by Crippen LogP contribution is -2.00. The van der Waals surface area contributed by atoms with Gasteiger partial charge in [-0.05, 0) is 24.3 Å². The fraction of sp³-hybridized carbons (Fsp3) is 0.0769. The highest BCUT2D eigenvalue weighted by Crippen LogP contribution is 2.20. The van der Waals surface area contributed by atoms with E-state index >= 15 is 0 Å². The third-order valence-electron chi connectivity index (χ3n) is 2.12. The molecular weight excluding hydrogens is 218 g/mol. The lowest BCUT2D eigenvalue weighted by atomic mass is 10.2. The fourth-order valence-electron chi connectivity index (χ4n) is 1.33. The summed E-state index contributed by atoms with van der Waals surface area (Å²) in [5, 5.41) is 0. The van der Waals surface area contributed by atoms with Crippen molar-refractivity contribution in [1.29, 1.82) is 0 Å². The van der Waals surface area contributed by atoms with Gasteiger partial charge in [0.25, 0.3) is 0 Å². The number of hydrogen-bond acceptors (Lipinski definition) is 4. The molecule has 0 saturated carbocycles. The summed E-state index contributed by atoms with van der Waals surface area (Å²) in [5.74, 6) is 0.637. The van der Waals surface area contributed by atoms with Gasteiger partial charge in [0.15, 0.2) is 0 Å². The molecule has 0 unspecified atom stereocenters. The van der Waals surface area contributed by atoms with Crippen molar-refractivity contribution in [2.75, 3.05) is 7.11 Å². The molecule has 2 rings (SSSR count). The van der Waals surface area contributed by atoms with Crippen LogP contribution in [-0.4, -0.2) is 18.1 Å². The molecule has 4 nitrogen and oxygen atoms in total. The molecule has 0 saturated heterocycles. The molecule has 0 radical (unpaired) electrons. The van der Waals surface area contributed by atoms with Crippen molar-refractivity contribution in [2.24, 2.45) is 0 Å². The van der Waals surface area contributed by atoms with E-state index in [0.29, 0.717) is 17.2 Å². The molecule has 2 aromatic rings. The minimum Gasteiger partial charge on any atom is -0.465 e. The molecule has 0 aliphatic carbocycles. The van der Waals surface area contributed by atoms with Gasteiger partial charge in [0.05, 0.1) is 12.7 Å². The maximum atomic E-state index is 11.3. The van der Waals surface area contributed by atoms with Crippen LogP contribution >= 0.6 is 0 Å². The van der Waals surface area contributed by atoms with Gasteiger partial charge in [0, 0.05) is 12.3 Å². The van der Waals surface area contributed by atoms with Crippen LogP contribution in [-0.2, 0) is 4.74 Å². The summed E-state index contributed by atoms with van der Waals surface area (Å²) in [4.78, 5) is 15.4. The summed E-state index contributed by atoms with van der Waals surface area (Å²) < 4.78 is 10.1. The Labute approximate surface area is 98.8 Å². The van der Waals surface area contributed by atoms with Crippen molar-refractivity contribution in [3.05, 3.63) is 54.2 Å². The lowest BCUT2D eigenvalue weighted by molar-refractivity contribution is 0.0600. The Morgan fingerprint density at radius 1 is 1.18 bits per heavy atom. The van der Waals surface area contributed by atoms with E-state index in [-0.39, 0.29) is 0 Å². The molecule has 0 aliphatic heterocycles. The number of rotatable bonds is 3. The summed E-state index contributed by atoms with van der Waals surface area (Å²) in [6.07, 6.45) is 1.64. The maximum absolute atomic E-state index is 11.3. The average Bonchev–Trinajstić information content (AvgIpc) is 2.39. The highest BCUT2D eigenvalue weighted by atomic mass is 16.5. The number of methoxy groups -OCH3 is 1. The standard InChI is InChI=1S/C13H11NO3/c1-16-13(15)10-5-4-6-11(9-10)17-12-7-2-3-8-14-12/h2-9H,1H3. The molecule has 0 atom stereocenters. The Balaban J connectivity index is 2.20. The van der Waals surface area contributed by atoms with E-state index in [1.165, 1.54) is 7.11 Å². The van der Waals surface area contributed by atoms with Crippen LogP contribution in [0.5, 0.6) is 11.6 Å². The van der Waals surface area contributed by atoms with E-state index in [4.69, 9.17) is 4.74 Å². The fourth-order valence-corrected chi connectivity index (χ4v) is 1.33. The monoisotopic (exact) mass is 229 g/mol. The molecule has 0 spiro atoms. The SMILES string of the molecule is COC(=O)c1cccc(Oc2ccccn2)c1. The topological polar surface area (TPSA) is 48.4 Å². The third kappa shape index (κ3) is 2.81. The van der Waals surface area contributed by atoms with E-state index in [2.05, 4.69) is 9.72 Å². The van der Waals surface area contributed by atoms with E-state index in [1.807, 2.05) is 6.07 Å². The van der Waals surface area contributed by atoms with Crippen molar-refractivity contribution in [2.45, 2.75) is 0 Å². The second kappa shape index (κ2) is 5.12. The van der Waals surface area contributed by atoms with Gasteiger partial charge in [-0.1, -0.05) is 12.1 Å². The first-order chi connectivity index (χ1) is 8.29. The minimum atomic E-state index is -0.392. The number of hydrogen-bond donors (Lipinski definition) is 0. The van der Waals surface area contributed by atoms with E-state index < -0.39 is 5.97 Å². The Bertz CT molecular complexity index is 511. The van der Waals surface area contributed by atoms with Crippen LogP contribution < -0.4 is 4.74 Å². The van der Waals surface area contributed by atoms with Crippen LogP contribution in [0, 0.1) is 0 Å². The Hall–Kier alpha value is -2.36. The molecule has 0 bridgehead atoms. The van der Waals surface area contributed by atoms with Gasteiger partial charge in [0.1, 0.15) is 5.75 Å². The number of pyridine rings is 1. The number of carbonyl (C=O) groups is 1. The van der Waals surface area contributed by atoms with Gasteiger partial charge < -0.3 is 9.47 Å². The summed E-state index contributed by atoms with van der Waals surface area (Å²) in [7, 11) is 1.34. The van der Waals surface area contributed by atoms with Gasteiger partial charge in [-0.2, -0.15) is 0 Å². The maximum Gasteiger partial charge on any atom is 0.337 e. The highest BCUT2D eigenvalue weighted by molar-refractivity contribution is 5.89. The quantitative estimate of drug-likeness (QED) is 0.759. The van der Waals surface area contributed by atoms with Crippen LogP contribution in [0.2, 0.25) is 0 Å². The van der Waals surface area contributed by atoms with Crippen molar-refractivity contribution in [1.82, 2.24) is 4.98 Å².